The van der Waals surface area contributed by atoms with Crippen molar-refractivity contribution in [3.05, 3.63) is 164 Å². The quantitative estimate of drug-likeness (QED) is 0.229. The lowest BCUT2D eigenvalue weighted by Crippen LogP contribution is -2.10. The number of hydrogen-bond acceptors (Lipinski definition) is 1. The van der Waals surface area contributed by atoms with E-state index in [4.69, 9.17) is 0 Å². The van der Waals surface area contributed by atoms with Crippen molar-refractivity contribution in [2.75, 3.05) is 4.90 Å². The van der Waals surface area contributed by atoms with Crippen LogP contribution in [0.4, 0.5) is 17.1 Å². The van der Waals surface area contributed by atoms with Crippen molar-refractivity contribution in [1.29, 1.82) is 0 Å². The Morgan fingerprint density at radius 3 is 1.49 bits per heavy atom. The molecule has 0 heterocycles. The van der Waals surface area contributed by atoms with Crippen LogP contribution < -0.4 is 4.90 Å². The van der Waals surface area contributed by atoms with E-state index in [2.05, 4.69) is 169 Å². The molecule has 0 atom stereocenters. The molecular weight excluding hydrogens is 470 g/mol. The molecule has 39 heavy (non-hydrogen) atoms. The van der Waals surface area contributed by atoms with Crippen molar-refractivity contribution < 1.29 is 0 Å². The predicted octanol–water partition coefficient (Wildman–Crippen LogP) is 10.8. The van der Waals surface area contributed by atoms with E-state index in [0.717, 1.165) is 17.1 Å². The topological polar surface area (TPSA) is 3.24 Å². The van der Waals surface area contributed by atoms with Gasteiger partial charge in [-0.3, -0.25) is 0 Å². The molecule has 0 fully saturated rings. The Kier molecular flexibility index (Phi) is 5.88. The molecule has 0 radical (unpaired) electrons. The van der Waals surface area contributed by atoms with Gasteiger partial charge in [-0.25, -0.2) is 0 Å². The first kappa shape index (κ1) is 23.0. The highest BCUT2D eigenvalue weighted by molar-refractivity contribution is 5.91. The van der Waals surface area contributed by atoms with Crippen LogP contribution in [0.15, 0.2) is 164 Å². The lowest BCUT2D eigenvalue weighted by Gasteiger charge is -2.26. The van der Waals surface area contributed by atoms with Crippen LogP contribution in [0.1, 0.15) is 0 Å². The van der Waals surface area contributed by atoms with E-state index in [-0.39, 0.29) is 0 Å². The summed E-state index contributed by atoms with van der Waals surface area (Å²) in [6.07, 6.45) is 0. The lowest BCUT2D eigenvalue weighted by molar-refractivity contribution is 1.29. The van der Waals surface area contributed by atoms with E-state index in [1.165, 1.54) is 43.8 Å². The fraction of sp³-hybridized carbons (Fsp3) is 0. The van der Waals surface area contributed by atoms with Crippen molar-refractivity contribution >= 4 is 38.6 Å². The van der Waals surface area contributed by atoms with E-state index >= 15 is 0 Å². The standard InChI is InChI=1S/C38H27N/c1-2-9-28(10-3-1)34-15-8-16-37(26-34)39(38-24-21-30-12-5-7-14-33(30)27-38)36-22-19-31(20-23-36)35-18-17-29-11-4-6-13-32(29)25-35/h1-27H. The first-order chi connectivity index (χ1) is 19.3. The van der Waals surface area contributed by atoms with Crippen molar-refractivity contribution in [1.82, 2.24) is 0 Å². The van der Waals surface area contributed by atoms with Crippen molar-refractivity contribution in [3.8, 4) is 22.3 Å². The van der Waals surface area contributed by atoms with Gasteiger partial charge < -0.3 is 4.90 Å². The molecule has 0 aliphatic rings. The molecule has 0 aliphatic carbocycles. The molecule has 7 aromatic carbocycles. The molecule has 0 aliphatic heterocycles. The second-order valence-electron chi connectivity index (χ2n) is 9.89. The highest BCUT2D eigenvalue weighted by atomic mass is 15.1. The van der Waals surface area contributed by atoms with Gasteiger partial charge in [0, 0.05) is 17.1 Å². The average Bonchev–Trinajstić information content (AvgIpc) is 3.02. The van der Waals surface area contributed by atoms with Crippen molar-refractivity contribution in [2.24, 2.45) is 0 Å². The largest absolute Gasteiger partial charge is 0.310 e. The number of fused-ring (bicyclic) bond motifs is 2. The van der Waals surface area contributed by atoms with Crippen LogP contribution in [0.25, 0.3) is 43.8 Å². The highest BCUT2D eigenvalue weighted by Gasteiger charge is 2.14. The Balaban J connectivity index is 1.33. The monoisotopic (exact) mass is 497 g/mol. The Morgan fingerprint density at radius 2 is 0.744 bits per heavy atom. The molecule has 184 valence electrons. The van der Waals surface area contributed by atoms with Crippen molar-refractivity contribution in [2.45, 2.75) is 0 Å². The van der Waals surface area contributed by atoms with Crippen LogP contribution >= 0.6 is 0 Å². The zero-order chi connectivity index (χ0) is 26.0. The molecule has 0 spiro atoms. The summed E-state index contributed by atoms with van der Waals surface area (Å²) in [5, 5.41) is 4.99. The zero-order valence-corrected chi connectivity index (χ0v) is 21.5. The van der Waals surface area contributed by atoms with E-state index in [9.17, 15) is 0 Å². The second-order valence-corrected chi connectivity index (χ2v) is 9.89. The highest BCUT2D eigenvalue weighted by Crippen LogP contribution is 2.38. The maximum absolute atomic E-state index is 2.35. The minimum Gasteiger partial charge on any atom is -0.310 e. The molecule has 0 unspecified atom stereocenters. The molecule has 0 saturated heterocycles. The van der Waals surface area contributed by atoms with E-state index in [1.54, 1.807) is 0 Å². The Labute approximate surface area is 229 Å². The summed E-state index contributed by atoms with van der Waals surface area (Å²) in [6.45, 7) is 0. The zero-order valence-electron chi connectivity index (χ0n) is 21.5. The molecule has 0 amide bonds. The van der Waals surface area contributed by atoms with Gasteiger partial charge in [0.25, 0.3) is 0 Å². The third-order valence-electron chi connectivity index (χ3n) is 7.41. The summed E-state index contributed by atoms with van der Waals surface area (Å²) in [5.41, 5.74) is 8.24. The van der Waals surface area contributed by atoms with Gasteiger partial charge in [-0.05, 0) is 86.3 Å². The molecule has 1 nitrogen and oxygen atoms in total. The number of benzene rings is 7. The fourth-order valence-electron chi connectivity index (χ4n) is 5.39. The minimum absolute atomic E-state index is 1.13. The van der Waals surface area contributed by atoms with E-state index < -0.39 is 0 Å². The number of nitrogens with zero attached hydrogens (tertiary/aromatic N) is 1. The molecule has 7 rings (SSSR count). The molecule has 7 aromatic rings. The van der Waals surface area contributed by atoms with Crippen LogP contribution in [-0.4, -0.2) is 0 Å². The summed E-state index contributed by atoms with van der Waals surface area (Å²) >= 11 is 0. The van der Waals surface area contributed by atoms with Gasteiger partial charge in [0.1, 0.15) is 0 Å². The van der Waals surface area contributed by atoms with Gasteiger partial charge >= 0.3 is 0 Å². The van der Waals surface area contributed by atoms with E-state index in [0.29, 0.717) is 0 Å². The average molecular weight is 498 g/mol. The van der Waals surface area contributed by atoms with Crippen LogP contribution in [0, 0.1) is 0 Å². The number of hydrogen-bond donors (Lipinski definition) is 0. The summed E-state index contributed by atoms with van der Waals surface area (Å²) in [5.74, 6) is 0. The third-order valence-corrected chi connectivity index (χ3v) is 7.41. The van der Waals surface area contributed by atoms with Crippen LogP contribution in [0.5, 0.6) is 0 Å². The maximum Gasteiger partial charge on any atom is 0.0468 e. The Morgan fingerprint density at radius 1 is 0.256 bits per heavy atom. The van der Waals surface area contributed by atoms with Gasteiger partial charge in [0.15, 0.2) is 0 Å². The minimum atomic E-state index is 1.13. The molecule has 0 N–H and O–H groups in total. The molecule has 0 bridgehead atoms. The Hall–Kier alpha value is -5.14. The fourth-order valence-corrected chi connectivity index (χ4v) is 5.39. The molecule has 0 aromatic heterocycles. The number of rotatable bonds is 5. The summed E-state index contributed by atoms with van der Waals surface area (Å²) < 4.78 is 0. The first-order valence-corrected chi connectivity index (χ1v) is 13.4. The van der Waals surface area contributed by atoms with Crippen LogP contribution in [0.2, 0.25) is 0 Å². The molecular formula is C38H27N. The third kappa shape index (κ3) is 4.56. The second kappa shape index (κ2) is 9.96. The molecule has 1 heteroatoms. The van der Waals surface area contributed by atoms with Crippen LogP contribution in [0.3, 0.4) is 0 Å². The predicted molar refractivity (Wildman–Crippen MR) is 167 cm³/mol. The normalized spacial score (nSPS) is 11.1. The van der Waals surface area contributed by atoms with Gasteiger partial charge in [0.05, 0.1) is 0 Å². The van der Waals surface area contributed by atoms with E-state index in [1.807, 2.05) is 0 Å². The lowest BCUT2D eigenvalue weighted by atomic mass is 10.0. The van der Waals surface area contributed by atoms with Gasteiger partial charge in [-0.15, -0.1) is 0 Å². The first-order valence-electron chi connectivity index (χ1n) is 13.4. The maximum atomic E-state index is 2.35. The van der Waals surface area contributed by atoms with Gasteiger partial charge in [-0.1, -0.05) is 121 Å². The van der Waals surface area contributed by atoms with Gasteiger partial charge in [0.2, 0.25) is 0 Å². The molecule has 0 saturated carbocycles. The summed E-state index contributed by atoms with van der Waals surface area (Å²) in [6, 6.07) is 58.8. The number of anilines is 3. The van der Waals surface area contributed by atoms with Crippen molar-refractivity contribution in [3.63, 3.8) is 0 Å². The summed E-state index contributed by atoms with van der Waals surface area (Å²) in [4.78, 5) is 2.35. The summed E-state index contributed by atoms with van der Waals surface area (Å²) in [7, 11) is 0. The van der Waals surface area contributed by atoms with Crippen LogP contribution in [-0.2, 0) is 0 Å². The smallest absolute Gasteiger partial charge is 0.0468 e. The van der Waals surface area contributed by atoms with Gasteiger partial charge in [-0.2, -0.15) is 0 Å². The SMILES string of the molecule is c1ccc(-c2cccc(N(c3ccc(-c4ccc5ccccc5c4)cc3)c3ccc4ccccc4c3)c2)cc1. The Bertz CT molecular complexity index is 1900.